The molecule has 0 aliphatic rings. The van der Waals surface area contributed by atoms with Gasteiger partial charge in [-0.25, -0.2) is 4.79 Å². The number of ether oxygens (including phenoxy) is 2. The van der Waals surface area contributed by atoms with Gasteiger partial charge in [0, 0.05) is 0 Å². The van der Waals surface area contributed by atoms with Crippen molar-refractivity contribution >= 4 is 12.0 Å². The van der Waals surface area contributed by atoms with Crippen molar-refractivity contribution in [2.24, 2.45) is 5.92 Å². The van der Waals surface area contributed by atoms with Crippen LogP contribution in [0.3, 0.4) is 0 Å². The Morgan fingerprint density at radius 1 is 1.04 bits per heavy atom. The van der Waals surface area contributed by atoms with E-state index in [9.17, 15) is 14.7 Å². The highest BCUT2D eigenvalue weighted by Gasteiger charge is 2.26. The molecule has 1 rings (SSSR count). The second kappa shape index (κ2) is 9.76. The summed E-state index contributed by atoms with van der Waals surface area (Å²) in [4.78, 5) is 24.1. The number of amides is 2. The molecule has 1 aromatic carbocycles. The first-order chi connectivity index (χ1) is 11.7. The van der Waals surface area contributed by atoms with Gasteiger partial charge in [0.25, 0.3) is 0 Å². The first kappa shape index (κ1) is 20.6. The number of phenols is 1. The molecular weight excluding hydrogens is 324 g/mol. The monoisotopic (exact) mass is 352 g/mol. The fourth-order valence-corrected chi connectivity index (χ4v) is 2.05. The predicted molar refractivity (Wildman–Crippen MR) is 94.6 cm³/mol. The third-order valence-electron chi connectivity index (χ3n) is 3.29. The van der Waals surface area contributed by atoms with Gasteiger partial charge < -0.3 is 25.2 Å². The molecule has 1 aromatic rings. The predicted octanol–water partition coefficient (Wildman–Crippen LogP) is 2.43. The van der Waals surface area contributed by atoms with Crippen LogP contribution in [0.5, 0.6) is 11.5 Å². The van der Waals surface area contributed by atoms with Gasteiger partial charge in [-0.1, -0.05) is 13.8 Å². The maximum Gasteiger partial charge on any atom is 0.408 e. The maximum atomic E-state index is 12.4. The summed E-state index contributed by atoms with van der Waals surface area (Å²) in [7, 11) is 0. The number of aromatic hydroxyl groups is 1. The van der Waals surface area contributed by atoms with Crippen LogP contribution in [0.15, 0.2) is 24.3 Å². The number of phenolic OH excluding ortho intramolecular Hbond substituents is 1. The number of alkyl carbamates (subject to hydrolysis) is 1. The molecular formula is C18H28N2O5. The van der Waals surface area contributed by atoms with Crippen molar-refractivity contribution in [3.8, 4) is 11.5 Å². The van der Waals surface area contributed by atoms with Crippen LogP contribution in [-0.2, 0) is 9.53 Å². The minimum Gasteiger partial charge on any atom is -0.508 e. The van der Waals surface area contributed by atoms with Gasteiger partial charge >= 0.3 is 6.09 Å². The normalized spacial score (nSPS) is 13.2. The molecule has 0 aromatic heterocycles. The zero-order valence-corrected chi connectivity index (χ0v) is 15.4. The van der Waals surface area contributed by atoms with Gasteiger partial charge in [0.05, 0.1) is 12.1 Å². The number of hydrogen-bond acceptors (Lipinski definition) is 5. The third kappa shape index (κ3) is 7.78. The lowest BCUT2D eigenvalue weighted by atomic mass is 10.0. The van der Waals surface area contributed by atoms with Gasteiger partial charge in [-0.05, 0) is 51.0 Å². The van der Waals surface area contributed by atoms with Crippen molar-refractivity contribution < 1.29 is 24.2 Å². The average molecular weight is 352 g/mol. The summed E-state index contributed by atoms with van der Waals surface area (Å²) in [5, 5.41) is 14.6. The molecule has 0 heterocycles. The molecule has 0 radical (unpaired) electrons. The van der Waals surface area contributed by atoms with Crippen LogP contribution in [0.4, 0.5) is 4.79 Å². The topological polar surface area (TPSA) is 96.9 Å². The summed E-state index contributed by atoms with van der Waals surface area (Å²) < 4.78 is 10.6. The lowest BCUT2D eigenvalue weighted by molar-refractivity contribution is -0.124. The SMILES string of the molecule is CC(COc1ccc(O)cc1)NC(=O)C(NC(=O)OC(C)C)C(C)C. The molecule has 0 aliphatic heterocycles. The van der Waals surface area contributed by atoms with Crippen LogP contribution in [0.1, 0.15) is 34.6 Å². The second-order valence-electron chi connectivity index (χ2n) is 6.53. The molecule has 0 saturated carbocycles. The molecule has 0 spiro atoms. The smallest absolute Gasteiger partial charge is 0.408 e. The molecule has 0 aliphatic carbocycles. The first-order valence-electron chi connectivity index (χ1n) is 8.38. The second-order valence-corrected chi connectivity index (χ2v) is 6.53. The molecule has 7 heteroatoms. The van der Waals surface area contributed by atoms with E-state index in [1.807, 2.05) is 20.8 Å². The number of nitrogens with one attached hydrogen (secondary N) is 2. The maximum absolute atomic E-state index is 12.4. The molecule has 0 fully saturated rings. The molecule has 0 saturated heterocycles. The van der Waals surface area contributed by atoms with E-state index < -0.39 is 12.1 Å². The Bertz CT molecular complexity index is 557. The van der Waals surface area contributed by atoms with Crippen molar-refractivity contribution in [2.75, 3.05) is 6.61 Å². The third-order valence-corrected chi connectivity index (χ3v) is 3.29. The first-order valence-corrected chi connectivity index (χ1v) is 8.38. The molecule has 140 valence electrons. The minimum atomic E-state index is -0.692. The highest BCUT2D eigenvalue weighted by Crippen LogP contribution is 2.16. The molecule has 2 atom stereocenters. The lowest BCUT2D eigenvalue weighted by Gasteiger charge is -2.24. The van der Waals surface area contributed by atoms with E-state index in [0.29, 0.717) is 5.75 Å². The fraction of sp³-hybridized carbons (Fsp3) is 0.556. The van der Waals surface area contributed by atoms with Gasteiger partial charge in [-0.3, -0.25) is 4.79 Å². The Morgan fingerprint density at radius 2 is 1.64 bits per heavy atom. The Kier molecular flexibility index (Phi) is 8.04. The van der Waals surface area contributed by atoms with Crippen LogP contribution in [0, 0.1) is 5.92 Å². The Labute approximate surface area is 148 Å². The van der Waals surface area contributed by atoms with Gasteiger partial charge in [0.15, 0.2) is 0 Å². The largest absolute Gasteiger partial charge is 0.508 e. The Hall–Kier alpha value is -2.44. The summed E-state index contributed by atoms with van der Waals surface area (Å²) in [6.07, 6.45) is -0.870. The van der Waals surface area contributed by atoms with E-state index in [-0.39, 0.29) is 36.3 Å². The summed E-state index contributed by atoms with van der Waals surface area (Å²) in [6, 6.07) is 5.39. The Morgan fingerprint density at radius 3 is 2.16 bits per heavy atom. The van der Waals surface area contributed by atoms with Crippen molar-refractivity contribution in [1.29, 1.82) is 0 Å². The van der Waals surface area contributed by atoms with Crippen molar-refractivity contribution in [2.45, 2.75) is 52.8 Å². The van der Waals surface area contributed by atoms with E-state index in [0.717, 1.165) is 0 Å². The minimum absolute atomic E-state index is 0.0927. The van der Waals surface area contributed by atoms with Crippen molar-refractivity contribution in [1.82, 2.24) is 10.6 Å². The molecule has 2 amide bonds. The van der Waals surface area contributed by atoms with Crippen LogP contribution in [-0.4, -0.2) is 41.9 Å². The summed E-state index contributed by atoms with van der Waals surface area (Å²) in [6.45, 7) is 9.24. The van der Waals surface area contributed by atoms with E-state index in [2.05, 4.69) is 10.6 Å². The number of carbonyl (C=O) groups is 2. The lowest BCUT2D eigenvalue weighted by Crippen LogP contribution is -2.52. The molecule has 7 nitrogen and oxygen atoms in total. The summed E-state index contributed by atoms with van der Waals surface area (Å²) in [5.74, 6) is 0.369. The summed E-state index contributed by atoms with van der Waals surface area (Å²) in [5.41, 5.74) is 0. The van der Waals surface area contributed by atoms with Crippen molar-refractivity contribution in [3.05, 3.63) is 24.3 Å². The molecule has 2 unspecified atom stereocenters. The van der Waals surface area contributed by atoms with E-state index >= 15 is 0 Å². The number of carbonyl (C=O) groups excluding carboxylic acids is 2. The standard InChI is InChI=1S/C18H28N2O5/c1-11(2)16(20-18(23)25-12(3)4)17(22)19-13(5)10-24-15-8-6-14(21)7-9-15/h6-9,11-13,16,21H,10H2,1-5H3,(H,19,22)(H,20,23). The fourth-order valence-electron chi connectivity index (χ4n) is 2.05. The van der Waals surface area contributed by atoms with Crippen LogP contribution in [0.25, 0.3) is 0 Å². The zero-order chi connectivity index (χ0) is 19.0. The average Bonchev–Trinajstić information content (AvgIpc) is 2.51. The van der Waals surface area contributed by atoms with Gasteiger partial charge in [0.2, 0.25) is 5.91 Å². The molecule has 3 N–H and O–H groups in total. The van der Waals surface area contributed by atoms with Crippen molar-refractivity contribution in [3.63, 3.8) is 0 Å². The Balaban J connectivity index is 2.51. The zero-order valence-electron chi connectivity index (χ0n) is 15.4. The van der Waals surface area contributed by atoms with Gasteiger partial charge in [-0.15, -0.1) is 0 Å². The molecule has 25 heavy (non-hydrogen) atoms. The number of hydrogen-bond donors (Lipinski definition) is 3. The number of rotatable bonds is 8. The van der Waals surface area contributed by atoms with Gasteiger partial charge in [0.1, 0.15) is 24.1 Å². The van der Waals surface area contributed by atoms with Crippen LogP contribution in [0.2, 0.25) is 0 Å². The highest BCUT2D eigenvalue weighted by atomic mass is 16.6. The van der Waals surface area contributed by atoms with Crippen LogP contribution >= 0.6 is 0 Å². The number of benzene rings is 1. The van der Waals surface area contributed by atoms with Gasteiger partial charge in [-0.2, -0.15) is 0 Å². The van der Waals surface area contributed by atoms with E-state index in [1.165, 1.54) is 12.1 Å². The van der Waals surface area contributed by atoms with E-state index in [4.69, 9.17) is 9.47 Å². The summed E-state index contributed by atoms with van der Waals surface area (Å²) >= 11 is 0. The van der Waals surface area contributed by atoms with E-state index in [1.54, 1.807) is 26.0 Å². The van der Waals surface area contributed by atoms with Crippen LogP contribution < -0.4 is 15.4 Å². The molecule has 0 bridgehead atoms. The quantitative estimate of drug-likeness (QED) is 0.668. The highest BCUT2D eigenvalue weighted by molar-refractivity contribution is 5.86.